The Morgan fingerprint density at radius 1 is 1.00 bits per heavy atom. The van der Waals surface area contributed by atoms with Gasteiger partial charge in [-0.1, -0.05) is 36.4 Å². The van der Waals surface area contributed by atoms with Crippen LogP contribution in [0.2, 0.25) is 0 Å². The maximum atomic E-state index is 12.7. The van der Waals surface area contributed by atoms with Gasteiger partial charge in [-0.15, -0.1) is 0 Å². The Hall–Kier alpha value is -3.78. The van der Waals surface area contributed by atoms with Crippen molar-refractivity contribution in [3.8, 4) is 23.3 Å². The molecule has 0 N–H and O–H groups in total. The molecule has 144 valence electrons. The highest BCUT2D eigenvalue weighted by Crippen LogP contribution is 2.35. The molecule has 29 heavy (non-hydrogen) atoms. The van der Waals surface area contributed by atoms with Crippen molar-refractivity contribution in [2.24, 2.45) is 0 Å². The molecular weight excluding hydrogens is 366 g/mol. The van der Waals surface area contributed by atoms with Crippen molar-refractivity contribution >= 4 is 5.78 Å². The van der Waals surface area contributed by atoms with Crippen LogP contribution in [0.4, 0.5) is 0 Å². The van der Waals surface area contributed by atoms with Gasteiger partial charge in [0.1, 0.15) is 12.4 Å². The van der Waals surface area contributed by atoms with Gasteiger partial charge in [0.05, 0.1) is 12.0 Å². The third-order valence-electron chi connectivity index (χ3n) is 4.77. The molecule has 1 unspecified atom stereocenters. The van der Waals surface area contributed by atoms with Crippen LogP contribution in [0.1, 0.15) is 33.8 Å². The van der Waals surface area contributed by atoms with E-state index in [0.29, 0.717) is 29.4 Å². The van der Waals surface area contributed by atoms with Gasteiger partial charge in [0.25, 0.3) is 0 Å². The molecule has 0 aromatic heterocycles. The quantitative estimate of drug-likeness (QED) is 0.543. The first kappa shape index (κ1) is 18.6. The van der Waals surface area contributed by atoms with Crippen molar-refractivity contribution in [2.45, 2.75) is 18.9 Å². The molecule has 1 atom stereocenters. The van der Waals surface area contributed by atoms with Gasteiger partial charge in [-0.3, -0.25) is 4.79 Å². The summed E-state index contributed by atoms with van der Waals surface area (Å²) in [5.74, 6) is 1.31. The summed E-state index contributed by atoms with van der Waals surface area (Å²) in [5.41, 5.74) is 2.37. The number of hydrogen-bond donors (Lipinski definition) is 0. The van der Waals surface area contributed by atoms with Crippen LogP contribution in [0.3, 0.4) is 0 Å². The molecule has 0 saturated carbocycles. The molecule has 1 aliphatic heterocycles. The molecule has 5 nitrogen and oxygen atoms in total. The van der Waals surface area contributed by atoms with Crippen LogP contribution in [0.15, 0.2) is 72.8 Å². The lowest BCUT2D eigenvalue weighted by atomic mass is 9.92. The predicted octanol–water partition coefficient (Wildman–Crippen LogP) is 4.87. The van der Waals surface area contributed by atoms with Crippen molar-refractivity contribution in [1.29, 1.82) is 5.26 Å². The summed E-state index contributed by atoms with van der Waals surface area (Å²) < 4.78 is 16.4. The second-order valence-corrected chi connectivity index (χ2v) is 6.72. The van der Waals surface area contributed by atoms with Crippen LogP contribution in [-0.2, 0) is 6.61 Å². The van der Waals surface area contributed by atoms with Gasteiger partial charge >= 0.3 is 0 Å². The van der Waals surface area contributed by atoms with Crippen molar-refractivity contribution < 1.29 is 19.0 Å². The summed E-state index contributed by atoms with van der Waals surface area (Å²) in [7, 11) is 0. The molecule has 4 rings (SSSR count). The molecule has 3 aromatic carbocycles. The molecule has 0 spiro atoms. The first-order valence-electron chi connectivity index (χ1n) is 9.32. The lowest BCUT2D eigenvalue weighted by Crippen LogP contribution is -2.06. The zero-order chi connectivity index (χ0) is 20.1. The Kier molecular flexibility index (Phi) is 5.44. The second-order valence-electron chi connectivity index (χ2n) is 6.72. The number of hydrogen-bond acceptors (Lipinski definition) is 5. The lowest BCUT2D eigenvalue weighted by molar-refractivity contribution is 0.0979. The molecule has 1 aliphatic rings. The highest BCUT2D eigenvalue weighted by molar-refractivity contribution is 5.96. The summed E-state index contributed by atoms with van der Waals surface area (Å²) >= 11 is 0. The fourth-order valence-electron chi connectivity index (χ4n) is 3.15. The van der Waals surface area contributed by atoms with Crippen LogP contribution in [-0.4, -0.2) is 12.6 Å². The molecule has 0 aliphatic carbocycles. The number of fused-ring (bicyclic) bond motifs is 1. The highest BCUT2D eigenvalue weighted by Gasteiger charge is 2.21. The summed E-state index contributed by atoms with van der Waals surface area (Å²) in [4.78, 5) is 12.7. The summed E-state index contributed by atoms with van der Waals surface area (Å²) in [6, 6.07) is 24.5. The van der Waals surface area contributed by atoms with E-state index in [2.05, 4.69) is 6.07 Å². The minimum Gasteiger partial charge on any atom is -0.489 e. The van der Waals surface area contributed by atoms with Gasteiger partial charge in [0.2, 0.25) is 6.79 Å². The second kappa shape index (κ2) is 8.49. The van der Waals surface area contributed by atoms with E-state index < -0.39 is 5.92 Å². The largest absolute Gasteiger partial charge is 0.489 e. The number of nitrogens with zero attached hydrogens (tertiary/aromatic N) is 1. The van der Waals surface area contributed by atoms with E-state index >= 15 is 0 Å². The fourth-order valence-corrected chi connectivity index (χ4v) is 3.15. The fraction of sp³-hybridized carbons (Fsp3) is 0.167. The first-order chi connectivity index (χ1) is 14.2. The number of ether oxygens (including phenoxy) is 3. The van der Waals surface area contributed by atoms with Gasteiger partial charge in [-0.25, -0.2) is 0 Å². The van der Waals surface area contributed by atoms with Crippen LogP contribution in [0, 0.1) is 11.3 Å². The minimum atomic E-state index is -0.550. The average Bonchev–Trinajstić information content (AvgIpc) is 3.25. The van der Waals surface area contributed by atoms with E-state index in [1.165, 1.54) is 0 Å². The number of nitriles is 1. The molecule has 0 radical (unpaired) electrons. The third-order valence-corrected chi connectivity index (χ3v) is 4.77. The lowest BCUT2D eigenvalue weighted by Gasteiger charge is -2.10. The topological polar surface area (TPSA) is 68.6 Å². The third kappa shape index (κ3) is 4.39. The van der Waals surface area contributed by atoms with Gasteiger partial charge in [-0.05, 0) is 47.5 Å². The molecule has 0 bridgehead atoms. The van der Waals surface area contributed by atoms with Crippen molar-refractivity contribution in [2.75, 3.05) is 6.79 Å². The van der Waals surface area contributed by atoms with E-state index in [0.717, 1.165) is 11.1 Å². The standard InChI is InChI=1S/C24H19NO4/c25-14-20(19-8-11-23-24(13-19)29-16-28-23)12-22(26)18-6-9-21(10-7-18)27-15-17-4-2-1-3-5-17/h1-11,13,20H,12,15-16H2. The summed E-state index contributed by atoms with van der Waals surface area (Å²) in [6.07, 6.45) is 0.0976. The number of benzene rings is 3. The molecule has 0 saturated heterocycles. The SMILES string of the molecule is N#CC(CC(=O)c1ccc(OCc2ccccc2)cc1)c1ccc2c(c1)OCO2. The average molecular weight is 385 g/mol. The zero-order valence-corrected chi connectivity index (χ0v) is 15.7. The number of carbonyl (C=O) groups is 1. The smallest absolute Gasteiger partial charge is 0.231 e. The van der Waals surface area contributed by atoms with E-state index in [1.54, 1.807) is 42.5 Å². The number of rotatable bonds is 7. The Labute approximate surface area is 169 Å². The molecule has 3 aromatic rings. The van der Waals surface area contributed by atoms with Gasteiger partial charge in [0, 0.05) is 12.0 Å². The first-order valence-corrected chi connectivity index (χ1v) is 9.32. The van der Waals surface area contributed by atoms with Gasteiger partial charge in [-0.2, -0.15) is 5.26 Å². The van der Waals surface area contributed by atoms with Gasteiger partial charge < -0.3 is 14.2 Å². The van der Waals surface area contributed by atoms with Crippen LogP contribution in [0.25, 0.3) is 0 Å². The van der Waals surface area contributed by atoms with Crippen molar-refractivity contribution in [1.82, 2.24) is 0 Å². The Balaban J connectivity index is 1.39. The summed E-state index contributed by atoms with van der Waals surface area (Å²) in [6.45, 7) is 0.641. The predicted molar refractivity (Wildman–Crippen MR) is 107 cm³/mol. The molecular formula is C24H19NO4. The molecule has 1 heterocycles. The monoisotopic (exact) mass is 385 g/mol. The Morgan fingerprint density at radius 2 is 1.76 bits per heavy atom. The number of Topliss-reactive ketones (excluding diaryl/α,β-unsaturated/α-hetero) is 1. The number of ketones is 1. The van der Waals surface area contributed by atoms with Crippen LogP contribution < -0.4 is 14.2 Å². The number of carbonyl (C=O) groups excluding carboxylic acids is 1. The Morgan fingerprint density at radius 3 is 2.52 bits per heavy atom. The van der Waals surface area contributed by atoms with E-state index in [9.17, 15) is 10.1 Å². The van der Waals surface area contributed by atoms with E-state index in [-0.39, 0.29) is 19.0 Å². The van der Waals surface area contributed by atoms with Crippen LogP contribution >= 0.6 is 0 Å². The maximum absolute atomic E-state index is 12.7. The molecule has 5 heteroatoms. The van der Waals surface area contributed by atoms with E-state index in [1.807, 2.05) is 30.3 Å². The molecule has 0 amide bonds. The minimum absolute atomic E-state index is 0.0937. The molecule has 0 fully saturated rings. The van der Waals surface area contributed by atoms with Crippen LogP contribution in [0.5, 0.6) is 17.2 Å². The zero-order valence-electron chi connectivity index (χ0n) is 15.7. The van der Waals surface area contributed by atoms with Gasteiger partial charge in [0.15, 0.2) is 17.3 Å². The summed E-state index contributed by atoms with van der Waals surface area (Å²) in [5, 5.41) is 9.55. The maximum Gasteiger partial charge on any atom is 0.231 e. The highest BCUT2D eigenvalue weighted by atomic mass is 16.7. The Bertz CT molecular complexity index is 1040. The van der Waals surface area contributed by atoms with Crippen molar-refractivity contribution in [3.05, 3.63) is 89.5 Å². The van der Waals surface area contributed by atoms with E-state index in [4.69, 9.17) is 14.2 Å². The van der Waals surface area contributed by atoms with Crippen molar-refractivity contribution in [3.63, 3.8) is 0 Å². The normalized spacial score (nSPS) is 12.8.